The summed E-state index contributed by atoms with van der Waals surface area (Å²) in [4.78, 5) is 12.2. The van der Waals surface area contributed by atoms with Crippen LogP contribution in [-0.2, 0) is 9.53 Å². The molecule has 0 bridgehead atoms. The van der Waals surface area contributed by atoms with Gasteiger partial charge in [0.15, 0.2) is 0 Å². The van der Waals surface area contributed by atoms with Crippen molar-refractivity contribution in [3.8, 4) is 23.7 Å². The van der Waals surface area contributed by atoms with Crippen molar-refractivity contribution in [2.75, 3.05) is 0 Å². The molecule has 0 amide bonds. The van der Waals surface area contributed by atoms with Crippen LogP contribution in [0.1, 0.15) is 73.6 Å². The highest BCUT2D eigenvalue weighted by molar-refractivity contribution is 5.69. The topological polar surface area (TPSA) is 26.3 Å². The fourth-order valence-electron chi connectivity index (χ4n) is 2.47. The Labute approximate surface area is 155 Å². The minimum absolute atomic E-state index is 0.0936. The van der Waals surface area contributed by atoms with Gasteiger partial charge in [0.1, 0.15) is 6.10 Å². The summed E-state index contributed by atoms with van der Waals surface area (Å²) in [5.41, 5.74) is 1.11. The fraction of sp³-hybridized carbons (Fsp3) is 0.609. The van der Waals surface area contributed by atoms with Crippen LogP contribution in [-0.4, -0.2) is 12.1 Å². The third kappa shape index (κ3) is 11.3. The maximum Gasteiger partial charge on any atom is 0.306 e. The first-order chi connectivity index (χ1) is 12.0. The van der Waals surface area contributed by atoms with E-state index in [1.165, 1.54) is 0 Å². The molecule has 0 aromatic carbocycles. The van der Waals surface area contributed by atoms with Gasteiger partial charge in [-0.15, -0.1) is 17.8 Å². The van der Waals surface area contributed by atoms with Gasteiger partial charge >= 0.3 is 5.97 Å². The monoisotopic (exact) mass is 342 g/mol. The Morgan fingerprint density at radius 1 is 1.16 bits per heavy atom. The molecule has 2 nitrogen and oxygen atoms in total. The van der Waals surface area contributed by atoms with E-state index in [-0.39, 0.29) is 18.0 Å². The smallest absolute Gasteiger partial charge is 0.306 e. The minimum Gasteiger partial charge on any atom is -0.457 e. The number of esters is 1. The van der Waals surface area contributed by atoms with E-state index in [1.54, 1.807) is 0 Å². The summed E-state index contributed by atoms with van der Waals surface area (Å²) in [5, 5.41) is 0. The van der Waals surface area contributed by atoms with Gasteiger partial charge < -0.3 is 4.74 Å². The second-order valence-electron chi connectivity index (χ2n) is 6.45. The lowest BCUT2D eigenvalue weighted by Crippen LogP contribution is -2.26. The molecule has 0 heterocycles. The van der Waals surface area contributed by atoms with Crippen molar-refractivity contribution < 1.29 is 9.53 Å². The van der Waals surface area contributed by atoms with E-state index in [0.29, 0.717) is 12.3 Å². The summed E-state index contributed by atoms with van der Waals surface area (Å²) >= 11 is 0. The largest absolute Gasteiger partial charge is 0.457 e. The Kier molecular flexibility index (Phi) is 13.3. The molecule has 25 heavy (non-hydrogen) atoms. The first-order valence-corrected chi connectivity index (χ1v) is 9.32. The molecule has 138 valence electrons. The molecule has 0 aliphatic rings. The van der Waals surface area contributed by atoms with E-state index in [0.717, 1.165) is 31.3 Å². The van der Waals surface area contributed by atoms with E-state index in [1.807, 2.05) is 26.0 Å². The van der Waals surface area contributed by atoms with Crippen LogP contribution >= 0.6 is 0 Å². The quantitative estimate of drug-likeness (QED) is 0.221. The highest BCUT2D eigenvalue weighted by Crippen LogP contribution is 2.21. The Balaban J connectivity index is 4.91. The van der Waals surface area contributed by atoms with Crippen LogP contribution in [0.25, 0.3) is 0 Å². The summed E-state index contributed by atoms with van der Waals surface area (Å²) in [6, 6.07) is 0. The third-order valence-corrected chi connectivity index (χ3v) is 4.11. The lowest BCUT2D eigenvalue weighted by atomic mass is 9.94. The van der Waals surface area contributed by atoms with Crippen LogP contribution in [0.15, 0.2) is 23.8 Å². The van der Waals surface area contributed by atoms with Gasteiger partial charge in [0.05, 0.1) is 0 Å². The second-order valence-corrected chi connectivity index (χ2v) is 6.45. The highest BCUT2D eigenvalue weighted by atomic mass is 16.5. The van der Waals surface area contributed by atoms with Crippen molar-refractivity contribution >= 4 is 5.97 Å². The number of ether oxygens (including phenoxy) is 1. The molecule has 0 spiro atoms. The zero-order valence-corrected chi connectivity index (χ0v) is 16.8. The zero-order chi connectivity index (χ0) is 19.1. The van der Waals surface area contributed by atoms with Crippen molar-refractivity contribution in [2.45, 2.75) is 79.8 Å². The van der Waals surface area contributed by atoms with E-state index < -0.39 is 0 Å². The molecule has 0 rings (SSSR count). The third-order valence-electron chi connectivity index (χ3n) is 4.11. The van der Waals surface area contributed by atoms with Gasteiger partial charge in [-0.3, -0.25) is 4.79 Å². The van der Waals surface area contributed by atoms with Gasteiger partial charge in [0.25, 0.3) is 0 Å². The number of hydrogen-bond donors (Lipinski definition) is 0. The molecule has 0 radical (unpaired) electrons. The summed E-state index contributed by atoms with van der Waals surface area (Å²) in [6.07, 6.45) is 9.95. The lowest BCUT2D eigenvalue weighted by molar-refractivity contribution is -0.148. The summed E-state index contributed by atoms with van der Waals surface area (Å²) in [5.74, 6) is 12.1. The Morgan fingerprint density at radius 2 is 1.88 bits per heavy atom. The average Bonchev–Trinajstić information content (AvgIpc) is 2.59. The molecular formula is C23H34O2. The van der Waals surface area contributed by atoms with Crippen molar-refractivity contribution in [3.63, 3.8) is 0 Å². The van der Waals surface area contributed by atoms with Crippen LogP contribution in [0.5, 0.6) is 0 Å². The molecule has 0 aromatic rings. The number of unbranched alkanes of at least 4 members (excludes halogenated alkanes) is 2. The molecule has 2 heteroatoms. The maximum atomic E-state index is 12.2. The van der Waals surface area contributed by atoms with Crippen molar-refractivity contribution in [3.05, 3.63) is 23.8 Å². The van der Waals surface area contributed by atoms with Gasteiger partial charge in [0, 0.05) is 18.8 Å². The zero-order valence-electron chi connectivity index (χ0n) is 16.8. The summed E-state index contributed by atoms with van der Waals surface area (Å²) in [7, 11) is 0. The number of hydrogen-bond acceptors (Lipinski definition) is 2. The predicted octanol–water partition coefficient (Wildman–Crippen LogP) is 5.69. The number of carbonyl (C=O) groups excluding carboxylic acids is 1. The molecule has 0 saturated heterocycles. The van der Waals surface area contributed by atoms with Crippen molar-refractivity contribution in [1.29, 1.82) is 0 Å². The molecule has 0 aliphatic carbocycles. The molecule has 0 fully saturated rings. The van der Waals surface area contributed by atoms with E-state index in [4.69, 9.17) is 4.74 Å². The van der Waals surface area contributed by atoms with Gasteiger partial charge in [-0.2, -0.15) is 0 Å². The number of rotatable bonds is 10. The van der Waals surface area contributed by atoms with E-state index >= 15 is 0 Å². The Morgan fingerprint density at radius 3 is 2.48 bits per heavy atom. The SMILES string of the molecule is CC#C/C=C\[C@H](C)[C@@H](OC(=O)CCCCC#CC)/C(C)=C/[C@H](C)CC. The molecule has 0 aliphatic heterocycles. The number of allylic oxidation sites excluding steroid dienone is 2. The molecule has 0 aromatic heterocycles. The van der Waals surface area contributed by atoms with Gasteiger partial charge in [0.2, 0.25) is 0 Å². The van der Waals surface area contributed by atoms with Crippen LogP contribution in [0.3, 0.4) is 0 Å². The standard InChI is InChI=1S/C23H34O2/c1-7-10-12-13-15-17-22(24)25-23(20(5)16-14-11-8-2)21(6)18-19(4)9-3/h14,16,18-20,23H,9,12-13,15,17H2,1-6H3/b16-14-,21-18+/t19-,20+,23-/m1/s1. The van der Waals surface area contributed by atoms with Gasteiger partial charge in [-0.1, -0.05) is 45.3 Å². The predicted molar refractivity (Wildman–Crippen MR) is 107 cm³/mol. The van der Waals surface area contributed by atoms with Gasteiger partial charge in [-0.25, -0.2) is 0 Å². The molecule has 3 atom stereocenters. The molecule has 0 saturated carbocycles. The van der Waals surface area contributed by atoms with Crippen LogP contribution in [0.4, 0.5) is 0 Å². The van der Waals surface area contributed by atoms with Crippen LogP contribution in [0, 0.1) is 35.5 Å². The molecule has 0 N–H and O–H groups in total. The first-order valence-electron chi connectivity index (χ1n) is 9.32. The average molecular weight is 343 g/mol. The van der Waals surface area contributed by atoms with Crippen molar-refractivity contribution in [2.24, 2.45) is 11.8 Å². The highest BCUT2D eigenvalue weighted by Gasteiger charge is 2.21. The summed E-state index contributed by atoms with van der Waals surface area (Å²) in [6.45, 7) is 12.1. The van der Waals surface area contributed by atoms with Crippen LogP contribution < -0.4 is 0 Å². The number of carbonyl (C=O) groups is 1. The van der Waals surface area contributed by atoms with Crippen LogP contribution in [0.2, 0.25) is 0 Å². The first kappa shape index (κ1) is 23.1. The normalized spacial score (nSPS) is 14.7. The fourth-order valence-corrected chi connectivity index (χ4v) is 2.47. The Hall–Kier alpha value is -1.93. The molecule has 0 unspecified atom stereocenters. The Bertz CT molecular complexity index is 560. The van der Waals surface area contributed by atoms with Gasteiger partial charge in [-0.05, 0) is 51.2 Å². The minimum atomic E-state index is -0.230. The summed E-state index contributed by atoms with van der Waals surface area (Å²) < 4.78 is 5.81. The second kappa shape index (κ2) is 14.4. The maximum absolute atomic E-state index is 12.2. The van der Waals surface area contributed by atoms with E-state index in [2.05, 4.69) is 57.5 Å². The lowest BCUT2D eigenvalue weighted by Gasteiger charge is -2.24. The van der Waals surface area contributed by atoms with E-state index in [9.17, 15) is 4.79 Å². The molecular weight excluding hydrogens is 308 g/mol. The van der Waals surface area contributed by atoms with Crippen molar-refractivity contribution in [1.82, 2.24) is 0 Å².